The number of ether oxygens (including phenoxy) is 1. The van der Waals surface area contributed by atoms with Gasteiger partial charge >= 0.3 is 0 Å². The van der Waals surface area contributed by atoms with E-state index in [9.17, 15) is 0 Å². The third kappa shape index (κ3) is 2.16. The molecule has 20 heavy (non-hydrogen) atoms. The molecule has 0 fully saturated rings. The Labute approximate surface area is 116 Å². The monoisotopic (exact) mass is 268 g/mol. The average Bonchev–Trinajstić information content (AvgIpc) is 2.45. The number of hydrogen-bond acceptors (Lipinski definition) is 5. The van der Waals surface area contributed by atoms with Gasteiger partial charge in [0.1, 0.15) is 17.1 Å². The summed E-state index contributed by atoms with van der Waals surface area (Å²) in [6.07, 6.45) is 2.45. The Morgan fingerprint density at radius 2 is 2.00 bits per heavy atom. The van der Waals surface area contributed by atoms with Crippen LogP contribution in [-0.2, 0) is 6.42 Å². The van der Waals surface area contributed by atoms with Crippen LogP contribution < -0.4 is 10.5 Å². The molecule has 0 radical (unpaired) electrons. The van der Waals surface area contributed by atoms with Gasteiger partial charge in [-0.25, -0.2) is 15.0 Å². The minimum atomic E-state index is 0.529. The lowest BCUT2D eigenvalue weighted by Crippen LogP contribution is -2.06. The van der Waals surface area contributed by atoms with E-state index < -0.39 is 0 Å². The molecule has 0 aliphatic heterocycles. The van der Waals surface area contributed by atoms with E-state index in [0.717, 1.165) is 33.4 Å². The van der Waals surface area contributed by atoms with E-state index in [1.807, 2.05) is 19.1 Å². The van der Waals surface area contributed by atoms with Crippen LogP contribution in [0.25, 0.3) is 21.9 Å². The smallest absolute Gasteiger partial charge is 0.163 e. The Bertz CT molecular complexity index is 786. The van der Waals surface area contributed by atoms with Crippen molar-refractivity contribution in [3.05, 3.63) is 35.8 Å². The van der Waals surface area contributed by atoms with Crippen LogP contribution in [-0.4, -0.2) is 28.6 Å². The molecule has 0 amide bonds. The second-order valence-corrected chi connectivity index (χ2v) is 4.77. The van der Waals surface area contributed by atoms with Crippen molar-refractivity contribution in [2.24, 2.45) is 5.73 Å². The molecule has 2 heterocycles. The van der Waals surface area contributed by atoms with E-state index >= 15 is 0 Å². The van der Waals surface area contributed by atoms with Crippen molar-refractivity contribution in [2.45, 2.75) is 13.3 Å². The molecule has 0 aliphatic carbocycles. The van der Waals surface area contributed by atoms with E-state index in [2.05, 4.69) is 21.0 Å². The Morgan fingerprint density at radius 1 is 1.15 bits per heavy atom. The third-order valence-corrected chi connectivity index (χ3v) is 3.21. The third-order valence-electron chi connectivity index (χ3n) is 3.21. The van der Waals surface area contributed by atoms with Crippen molar-refractivity contribution in [3.63, 3.8) is 0 Å². The molecule has 0 spiro atoms. The molecule has 0 saturated heterocycles. The van der Waals surface area contributed by atoms with Crippen LogP contribution in [0.15, 0.2) is 24.4 Å². The first-order valence-electron chi connectivity index (χ1n) is 6.52. The quantitative estimate of drug-likeness (QED) is 0.735. The zero-order valence-electron chi connectivity index (χ0n) is 11.6. The highest BCUT2D eigenvalue weighted by Crippen LogP contribution is 2.27. The first kappa shape index (κ1) is 12.7. The van der Waals surface area contributed by atoms with E-state index in [1.165, 1.54) is 0 Å². The lowest BCUT2D eigenvalue weighted by molar-refractivity contribution is 0.418. The lowest BCUT2D eigenvalue weighted by atomic mass is 10.1. The van der Waals surface area contributed by atoms with Crippen LogP contribution in [0.3, 0.4) is 0 Å². The number of methoxy groups -OCH3 is 1. The SMILES string of the molecule is COc1cc(C)cc2cc3cnc(CCN)nc3nc12. The number of aryl methyl sites for hydroxylation is 1. The zero-order valence-corrected chi connectivity index (χ0v) is 11.6. The Kier molecular flexibility index (Phi) is 3.20. The maximum absolute atomic E-state index is 5.54. The highest BCUT2D eigenvalue weighted by Gasteiger charge is 2.08. The number of nitrogens with zero attached hydrogens (tertiary/aromatic N) is 3. The van der Waals surface area contributed by atoms with E-state index in [1.54, 1.807) is 13.3 Å². The van der Waals surface area contributed by atoms with Gasteiger partial charge in [0.25, 0.3) is 0 Å². The highest BCUT2D eigenvalue weighted by atomic mass is 16.5. The number of fused-ring (bicyclic) bond motifs is 2. The number of pyridine rings is 1. The average molecular weight is 268 g/mol. The molecule has 5 nitrogen and oxygen atoms in total. The first-order chi connectivity index (χ1) is 9.71. The van der Waals surface area contributed by atoms with Crippen molar-refractivity contribution < 1.29 is 4.74 Å². The maximum atomic E-state index is 5.54. The normalized spacial score (nSPS) is 11.2. The van der Waals surface area contributed by atoms with E-state index in [-0.39, 0.29) is 0 Å². The molecule has 2 N–H and O–H groups in total. The summed E-state index contributed by atoms with van der Waals surface area (Å²) in [4.78, 5) is 13.4. The standard InChI is InChI=1S/C15H16N4O/c1-9-5-10-7-11-8-17-13(3-4-16)18-15(11)19-14(10)12(6-9)20-2/h5-8H,3-4,16H2,1-2H3. The van der Waals surface area contributed by atoms with Gasteiger partial charge < -0.3 is 10.5 Å². The van der Waals surface area contributed by atoms with Crippen molar-refractivity contribution in [2.75, 3.05) is 13.7 Å². The predicted molar refractivity (Wildman–Crippen MR) is 78.9 cm³/mol. The van der Waals surface area contributed by atoms with E-state index in [4.69, 9.17) is 10.5 Å². The van der Waals surface area contributed by atoms with Crippen LogP contribution in [0.2, 0.25) is 0 Å². The molecule has 5 heteroatoms. The second-order valence-electron chi connectivity index (χ2n) is 4.77. The fraction of sp³-hybridized carbons (Fsp3) is 0.267. The van der Waals surface area contributed by atoms with Gasteiger partial charge in [0.05, 0.1) is 7.11 Å². The maximum Gasteiger partial charge on any atom is 0.163 e. The lowest BCUT2D eigenvalue weighted by Gasteiger charge is -2.08. The minimum absolute atomic E-state index is 0.529. The molecule has 0 bridgehead atoms. The predicted octanol–water partition coefficient (Wildman–Crippen LogP) is 2.00. The molecule has 0 unspecified atom stereocenters. The van der Waals surface area contributed by atoms with Gasteiger partial charge in [-0.2, -0.15) is 0 Å². The summed E-state index contributed by atoms with van der Waals surface area (Å²) in [7, 11) is 1.65. The molecule has 0 saturated carbocycles. The molecule has 3 aromatic rings. The Hall–Kier alpha value is -2.27. The molecule has 1 aromatic carbocycles. The summed E-state index contributed by atoms with van der Waals surface area (Å²) in [5.41, 5.74) is 8.17. The highest BCUT2D eigenvalue weighted by molar-refractivity contribution is 5.94. The molecular formula is C15H16N4O. The summed E-state index contributed by atoms with van der Waals surface area (Å²) in [6, 6.07) is 6.10. The van der Waals surface area contributed by atoms with Crippen molar-refractivity contribution in [1.29, 1.82) is 0 Å². The summed E-state index contributed by atoms with van der Waals surface area (Å²) in [5, 5.41) is 1.95. The van der Waals surface area contributed by atoms with Gasteiger partial charge in [-0.3, -0.25) is 0 Å². The van der Waals surface area contributed by atoms with Gasteiger partial charge in [0.2, 0.25) is 0 Å². The van der Waals surface area contributed by atoms with Crippen LogP contribution in [0.5, 0.6) is 5.75 Å². The molecule has 3 rings (SSSR count). The number of rotatable bonds is 3. The Balaban J connectivity index is 2.29. The second kappa shape index (κ2) is 5.02. The minimum Gasteiger partial charge on any atom is -0.494 e. The fourth-order valence-corrected chi connectivity index (χ4v) is 2.29. The Morgan fingerprint density at radius 3 is 2.75 bits per heavy atom. The van der Waals surface area contributed by atoms with Gasteiger partial charge in [-0.05, 0) is 37.2 Å². The van der Waals surface area contributed by atoms with Gasteiger partial charge in [0.15, 0.2) is 5.65 Å². The number of aromatic nitrogens is 3. The summed E-state index contributed by atoms with van der Waals surface area (Å²) in [5.74, 6) is 1.49. The summed E-state index contributed by atoms with van der Waals surface area (Å²) in [6.45, 7) is 2.56. The summed E-state index contributed by atoms with van der Waals surface area (Å²) >= 11 is 0. The van der Waals surface area contributed by atoms with Crippen LogP contribution >= 0.6 is 0 Å². The molecule has 0 aliphatic rings. The van der Waals surface area contributed by atoms with Crippen LogP contribution in [0, 0.1) is 6.92 Å². The first-order valence-corrected chi connectivity index (χ1v) is 6.52. The van der Waals surface area contributed by atoms with Gasteiger partial charge in [-0.15, -0.1) is 0 Å². The fourth-order valence-electron chi connectivity index (χ4n) is 2.29. The van der Waals surface area contributed by atoms with Crippen molar-refractivity contribution in [1.82, 2.24) is 15.0 Å². The number of hydrogen-bond donors (Lipinski definition) is 1. The van der Waals surface area contributed by atoms with Crippen molar-refractivity contribution in [3.8, 4) is 5.75 Å². The zero-order chi connectivity index (χ0) is 14.1. The topological polar surface area (TPSA) is 73.9 Å². The number of nitrogens with two attached hydrogens (primary N) is 1. The van der Waals surface area contributed by atoms with Gasteiger partial charge in [0, 0.05) is 23.4 Å². The summed E-state index contributed by atoms with van der Waals surface area (Å²) < 4.78 is 5.41. The van der Waals surface area contributed by atoms with Crippen LogP contribution in [0.4, 0.5) is 0 Å². The van der Waals surface area contributed by atoms with Gasteiger partial charge in [-0.1, -0.05) is 0 Å². The molecule has 0 atom stereocenters. The number of benzene rings is 1. The molecule has 2 aromatic heterocycles. The molecule has 102 valence electrons. The van der Waals surface area contributed by atoms with Crippen molar-refractivity contribution >= 4 is 21.9 Å². The largest absolute Gasteiger partial charge is 0.494 e. The van der Waals surface area contributed by atoms with Crippen LogP contribution in [0.1, 0.15) is 11.4 Å². The molecular weight excluding hydrogens is 252 g/mol. The van der Waals surface area contributed by atoms with E-state index in [0.29, 0.717) is 18.6 Å².